The van der Waals surface area contributed by atoms with Crippen molar-refractivity contribution in [1.29, 1.82) is 0 Å². The number of likely N-dealkylation sites (tertiary alicyclic amines) is 1. The highest BCUT2D eigenvalue weighted by Gasteiger charge is 2.35. The van der Waals surface area contributed by atoms with E-state index in [1.54, 1.807) is 7.05 Å². The predicted octanol–water partition coefficient (Wildman–Crippen LogP) is 2.22. The SMILES string of the molecule is CCCN(C)C(=O)c1nc(N)c2c(n1)N(Cc1ccc(CN3CCCC3)cc1)C(=O)C(=O)C2.Cl. The fraction of sp³-hybridized carbons (Fsp3) is 0.458. The molecule has 2 aliphatic rings. The fourth-order valence-electron chi connectivity index (χ4n) is 4.35. The first-order chi connectivity index (χ1) is 15.9. The van der Waals surface area contributed by atoms with Gasteiger partial charge in [-0.3, -0.25) is 24.2 Å². The summed E-state index contributed by atoms with van der Waals surface area (Å²) in [4.78, 5) is 51.7. The van der Waals surface area contributed by atoms with Gasteiger partial charge in [0.15, 0.2) is 0 Å². The molecule has 2 aliphatic heterocycles. The second kappa shape index (κ2) is 10.9. The number of nitrogen functional groups attached to an aromatic ring is 1. The number of nitrogens with zero attached hydrogens (tertiary/aromatic N) is 5. The van der Waals surface area contributed by atoms with Crippen LogP contribution >= 0.6 is 12.4 Å². The van der Waals surface area contributed by atoms with Gasteiger partial charge in [0.2, 0.25) is 11.6 Å². The number of anilines is 2. The first-order valence-electron chi connectivity index (χ1n) is 11.4. The first-order valence-corrected chi connectivity index (χ1v) is 11.4. The van der Waals surface area contributed by atoms with Gasteiger partial charge in [0, 0.05) is 32.1 Å². The van der Waals surface area contributed by atoms with Crippen molar-refractivity contribution < 1.29 is 14.4 Å². The highest BCUT2D eigenvalue weighted by Crippen LogP contribution is 2.30. The zero-order chi connectivity index (χ0) is 23.5. The van der Waals surface area contributed by atoms with Crippen LogP contribution in [-0.4, -0.2) is 64.0 Å². The van der Waals surface area contributed by atoms with Crippen molar-refractivity contribution in [3.8, 4) is 0 Å². The van der Waals surface area contributed by atoms with Crippen LogP contribution in [0.3, 0.4) is 0 Å². The summed E-state index contributed by atoms with van der Waals surface area (Å²) in [6, 6.07) is 8.02. The van der Waals surface area contributed by atoms with E-state index >= 15 is 0 Å². The summed E-state index contributed by atoms with van der Waals surface area (Å²) in [5.41, 5.74) is 8.56. The third-order valence-electron chi connectivity index (χ3n) is 6.16. The Morgan fingerprint density at radius 1 is 1.06 bits per heavy atom. The van der Waals surface area contributed by atoms with Crippen molar-refractivity contribution in [3.05, 3.63) is 46.8 Å². The Morgan fingerprint density at radius 3 is 2.29 bits per heavy atom. The van der Waals surface area contributed by atoms with Gasteiger partial charge >= 0.3 is 0 Å². The van der Waals surface area contributed by atoms with Crippen LogP contribution in [0.2, 0.25) is 0 Å². The molecule has 2 amide bonds. The number of fused-ring (bicyclic) bond motifs is 1. The quantitative estimate of drug-likeness (QED) is 0.597. The molecule has 1 fully saturated rings. The van der Waals surface area contributed by atoms with Crippen LogP contribution in [0.4, 0.5) is 11.6 Å². The van der Waals surface area contributed by atoms with E-state index in [2.05, 4.69) is 14.9 Å². The first kappa shape index (κ1) is 25.6. The second-order valence-electron chi connectivity index (χ2n) is 8.75. The Hall–Kier alpha value is -3.04. The molecule has 2 N–H and O–H groups in total. The highest BCUT2D eigenvalue weighted by molar-refractivity contribution is 6.43. The zero-order valence-electron chi connectivity index (χ0n) is 19.6. The number of amides is 2. The number of Topliss-reactive ketones (excluding diaryl/α,β-unsaturated/α-hetero) is 1. The summed E-state index contributed by atoms with van der Waals surface area (Å²) < 4.78 is 0. The zero-order valence-corrected chi connectivity index (χ0v) is 20.4. The number of aromatic nitrogens is 2. The van der Waals surface area contributed by atoms with Crippen molar-refractivity contribution in [2.45, 2.75) is 45.7 Å². The lowest BCUT2D eigenvalue weighted by molar-refractivity contribution is -0.136. The minimum absolute atomic E-state index is 0. The van der Waals surface area contributed by atoms with Crippen LogP contribution in [0, 0.1) is 0 Å². The molecule has 1 aromatic heterocycles. The minimum Gasteiger partial charge on any atom is -0.383 e. The van der Waals surface area contributed by atoms with Gasteiger partial charge in [-0.2, -0.15) is 0 Å². The summed E-state index contributed by atoms with van der Waals surface area (Å²) in [6.07, 6.45) is 3.11. The summed E-state index contributed by atoms with van der Waals surface area (Å²) >= 11 is 0. The van der Waals surface area contributed by atoms with Crippen LogP contribution in [0.1, 0.15) is 53.5 Å². The molecule has 0 bridgehead atoms. The Kier molecular flexibility index (Phi) is 8.22. The number of carbonyl (C=O) groups excluding carboxylic acids is 3. The molecule has 182 valence electrons. The standard InChI is InChI=1S/C24H30N6O3.ClH/c1-3-10-28(2)24(33)21-26-20(25)18-13-19(31)23(32)30(22(18)27-21)15-17-8-6-16(7-9-17)14-29-11-4-5-12-29;/h6-9H,3-5,10-15H2,1-2H3,(H2,25,26,27);1H. The summed E-state index contributed by atoms with van der Waals surface area (Å²) in [6.45, 7) is 5.83. The molecule has 0 unspecified atom stereocenters. The van der Waals surface area contributed by atoms with Gasteiger partial charge in [-0.25, -0.2) is 9.97 Å². The van der Waals surface area contributed by atoms with E-state index in [-0.39, 0.29) is 48.7 Å². The average Bonchev–Trinajstić information content (AvgIpc) is 3.31. The lowest BCUT2D eigenvalue weighted by atomic mass is 10.0. The van der Waals surface area contributed by atoms with Crippen molar-refractivity contribution in [2.75, 3.05) is 37.3 Å². The van der Waals surface area contributed by atoms with Gasteiger partial charge in [0.05, 0.1) is 6.54 Å². The summed E-state index contributed by atoms with van der Waals surface area (Å²) in [5, 5.41) is 0. The molecule has 1 saturated heterocycles. The Morgan fingerprint density at radius 2 is 1.68 bits per heavy atom. The maximum atomic E-state index is 12.8. The number of hydrogen-bond acceptors (Lipinski definition) is 7. The number of ketones is 1. The summed E-state index contributed by atoms with van der Waals surface area (Å²) in [5.74, 6) is -1.37. The molecule has 34 heavy (non-hydrogen) atoms. The molecule has 1 aromatic carbocycles. The number of carbonyl (C=O) groups is 3. The fourth-order valence-corrected chi connectivity index (χ4v) is 4.35. The largest absolute Gasteiger partial charge is 0.383 e. The van der Waals surface area contributed by atoms with Crippen LogP contribution in [-0.2, 0) is 29.1 Å². The number of rotatable bonds is 7. The summed E-state index contributed by atoms with van der Waals surface area (Å²) in [7, 11) is 1.67. The molecule has 10 heteroatoms. The van der Waals surface area contributed by atoms with E-state index < -0.39 is 11.7 Å². The Balaban J connectivity index is 0.00000324. The average molecular weight is 487 g/mol. The molecule has 0 atom stereocenters. The van der Waals surface area contributed by atoms with Crippen LogP contribution in [0.5, 0.6) is 0 Å². The van der Waals surface area contributed by atoms with E-state index in [1.807, 2.05) is 31.2 Å². The van der Waals surface area contributed by atoms with Gasteiger partial charge in [0.1, 0.15) is 11.6 Å². The van der Waals surface area contributed by atoms with E-state index in [0.29, 0.717) is 12.1 Å². The van der Waals surface area contributed by atoms with E-state index in [1.165, 1.54) is 28.2 Å². The number of hydrogen-bond donors (Lipinski definition) is 1. The van der Waals surface area contributed by atoms with Gasteiger partial charge < -0.3 is 10.6 Å². The molecular weight excluding hydrogens is 456 g/mol. The van der Waals surface area contributed by atoms with Gasteiger partial charge in [-0.15, -0.1) is 12.4 Å². The Labute approximate surface area is 205 Å². The predicted molar refractivity (Wildman–Crippen MR) is 132 cm³/mol. The third kappa shape index (κ3) is 5.37. The number of nitrogens with two attached hydrogens (primary N) is 1. The van der Waals surface area contributed by atoms with Crippen LogP contribution in [0.15, 0.2) is 24.3 Å². The van der Waals surface area contributed by atoms with Crippen molar-refractivity contribution in [2.24, 2.45) is 0 Å². The molecule has 3 heterocycles. The normalized spacial score (nSPS) is 15.8. The molecule has 0 radical (unpaired) electrons. The van der Waals surface area contributed by atoms with Crippen molar-refractivity contribution in [3.63, 3.8) is 0 Å². The van der Waals surface area contributed by atoms with Crippen molar-refractivity contribution in [1.82, 2.24) is 19.8 Å². The highest BCUT2D eigenvalue weighted by atomic mass is 35.5. The topological polar surface area (TPSA) is 113 Å². The van der Waals surface area contributed by atoms with Gasteiger partial charge in [-0.1, -0.05) is 31.2 Å². The monoisotopic (exact) mass is 486 g/mol. The minimum atomic E-state index is -0.651. The lowest BCUT2D eigenvalue weighted by Gasteiger charge is -2.28. The van der Waals surface area contributed by atoms with E-state index in [9.17, 15) is 14.4 Å². The molecule has 0 spiro atoms. The molecule has 0 aliphatic carbocycles. The number of halogens is 1. The smallest absolute Gasteiger partial charge is 0.296 e. The Bertz CT molecular complexity index is 1070. The van der Waals surface area contributed by atoms with Crippen LogP contribution < -0.4 is 10.6 Å². The van der Waals surface area contributed by atoms with Crippen molar-refractivity contribution >= 4 is 41.6 Å². The van der Waals surface area contributed by atoms with Gasteiger partial charge in [-0.05, 0) is 43.5 Å². The maximum Gasteiger partial charge on any atom is 0.296 e. The van der Waals surface area contributed by atoms with E-state index in [4.69, 9.17) is 5.73 Å². The molecule has 4 rings (SSSR count). The van der Waals surface area contributed by atoms with E-state index in [0.717, 1.165) is 31.6 Å². The maximum absolute atomic E-state index is 12.8. The molecule has 2 aromatic rings. The number of benzene rings is 1. The third-order valence-corrected chi connectivity index (χ3v) is 6.16. The second-order valence-corrected chi connectivity index (χ2v) is 8.75. The molecular formula is C24H31ClN6O3. The molecule has 0 saturated carbocycles. The van der Waals surface area contributed by atoms with Crippen LogP contribution in [0.25, 0.3) is 0 Å². The lowest BCUT2D eigenvalue weighted by Crippen LogP contribution is -2.43. The molecule has 9 nitrogen and oxygen atoms in total. The van der Waals surface area contributed by atoms with Gasteiger partial charge in [0.25, 0.3) is 11.8 Å².